The second-order valence-corrected chi connectivity index (χ2v) is 11.6. The van der Waals surface area contributed by atoms with Crippen LogP contribution in [-0.4, -0.2) is 37.4 Å². The molecule has 1 unspecified atom stereocenters. The van der Waals surface area contributed by atoms with Crippen molar-refractivity contribution < 1.29 is 13.2 Å². The van der Waals surface area contributed by atoms with E-state index < -0.39 is 10.0 Å². The Morgan fingerprint density at radius 2 is 1.91 bits per heavy atom. The van der Waals surface area contributed by atoms with Crippen molar-refractivity contribution in [1.82, 2.24) is 14.7 Å². The van der Waals surface area contributed by atoms with Crippen LogP contribution in [0.2, 0.25) is 0 Å². The number of pyridine rings is 1. The van der Waals surface area contributed by atoms with Gasteiger partial charge in [0.1, 0.15) is 5.82 Å². The molecule has 2 heterocycles. The maximum absolute atomic E-state index is 13.3. The number of benzene rings is 1. The zero-order chi connectivity index (χ0) is 23.3. The molecule has 0 aliphatic heterocycles. The number of nitrogens with two attached hydrogens (primary N) is 1. The molecule has 0 bridgehead atoms. The van der Waals surface area contributed by atoms with Crippen LogP contribution in [0.5, 0.6) is 0 Å². The first-order valence-corrected chi connectivity index (χ1v) is 13.1. The Balaban J connectivity index is 1.33. The van der Waals surface area contributed by atoms with Gasteiger partial charge in [0.15, 0.2) is 9.34 Å². The molecule has 2 aliphatic carbocycles. The van der Waals surface area contributed by atoms with Gasteiger partial charge in [0.05, 0.1) is 11.4 Å². The van der Waals surface area contributed by atoms with Gasteiger partial charge in [-0.05, 0) is 61.9 Å². The van der Waals surface area contributed by atoms with E-state index in [1.807, 2.05) is 24.3 Å². The lowest BCUT2D eigenvalue weighted by atomic mass is 10.0. The molecule has 0 spiro atoms. The van der Waals surface area contributed by atoms with E-state index in [1.54, 1.807) is 20.0 Å². The average Bonchev–Trinajstić information content (AvgIpc) is 3.32. The zero-order valence-electron chi connectivity index (χ0n) is 18.4. The van der Waals surface area contributed by atoms with Crippen LogP contribution < -0.4 is 15.4 Å². The van der Waals surface area contributed by atoms with Crippen LogP contribution in [-0.2, 0) is 27.7 Å². The Morgan fingerprint density at radius 1 is 1.15 bits per heavy atom. The van der Waals surface area contributed by atoms with Crippen molar-refractivity contribution in [2.75, 3.05) is 17.7 Å². The van der Waals surface area contributed by atoms with Crippen LogP contribution in [0.25, 0.3) is 11.3 Å². The van der Waals surface area contributed by atoms with Crippen molar-refractivity contribution >= 4 is 38.2 Å². The summed E-state index contributed by atoms with van der Waals surface area (Å²) in [4.78, 5) is 23.5. The normalized spacial score (nSPS) is 17.7. The van der Waals surface area contributed by atoms with Gasteiger partial charge in [0.25, 0.3) is 10.0 Å². The van der Waals surface area contributed by atoms with E-state index in [1.165, 1.54) is 4.90 Å². The number of fused-ring (bicyclic) bond motifs is 1. The van der Waals surface area contributed by atoms with Crippen molar-refractivity contribution in [2.45, 2.75) is 42.9 Å². The van der Waals surface area contributed by atoms with E-state index in [2.05, 4.69) is 20.8 Å². The van der Waals surface area contributed by atoms with Gasteiger partial charge >= 0.3 is 0 Å². The average molecular weight is 484 g/mol. The number of rotatable bonds is 6. The molecule has 5 rings (SSSR count). The molecular formula is C23H25N5O3S2. The molecule has 1 fully saturated rings. The number of aryl methyl sites for hydroxylation is 1. The predicted octanol–water partition coefficient (Wildman–Crippen LogP) is 2.91. The number of amides is 1. The summed E-state index contributed by atoms with van der Waals surface area (Å²) in [5.74, 6) is 0.181. The van der Waals surface area contributed by atoms with Crippen molar-refractivity contribution in [3.8, 4) is 11.3 Å². The van der Waals surface area contributed by atoms with Gasteiger partial charge in [-0.1, -0.05) is 29.5 Å². The molecule has 172 valence electrons. The Labute approximate surface area is 196 Å². The minimum absolute atomic E-state index is 0.0173. The van der Waals surface area contributed by atoms with Crippen molar-refractivity contribution in [3.05, 3.63) is 53.2 Å². The predicted molar refractivity (Wildman–Crippen MR) is 129 cm³/mol. The fourth-order valence-corrected chi connectivity index (χ4v) is 6.96. The monoisotopic (exact) mass is 483 g/mol. The first-order valence-electron chi connectivity index (χ1n) is 10.8. The summed E-state index contributed by atoms with van der Waals surface area (Å²) in [6, 6.07) is 11.7. The number of hydrogen-bond donors (Lipinski definition) is 2. The summed E-state index contributed by atoms with van der Waals surface area (Å²) in [5, 5.41) is 0.397. The second kappa shape index (κ2) is 8.19. The Kier molecular flexibility index (Phi) is 5.46. The number of thiazole rings is 1. The topological polar surface area (TPSA) is 118 Å². The highest BCUT2D eigenvalue weighted by Gasteiger charge is 2.34. The summed E-state index contributed by atoms with van der Waals surface area (Å²) < 4.78 is 28.1. The summed E-state index contributed by atoms with van der Waals surface area (Å²) in [7, 11) is -1.95. The van der Waals surface area contributed by atoms with Gasteiger partial charge in [-0.15, -0.1) is 0 Å². The number of aromatic nitrogens is 2. The van der Waals surface area contributed by atoms with E-state index in [-0.39, 0.29) is 22.1 Å². The molecule has 1 saturated carbocycles. The maximum Gasteiger partial charge on any atom is 0.252 e. The number of sulfonamides is 1. The van der Waals surface area contributed by atoms with Gasteiger partial charge in [0, 0.05) is 24.6 Å². The molecular weight excluding hydrogens is 458 g/mol. The quantitative estimate of drug-likeness (QED) is 0.557. The van der Waals surface area contributed by atoms with Crippen molar-refractivity contribution in [3.63, 3.8) is 0 Å². The molecule has 3 N–H and O–H groups in total. The fraction of sp³-hybridized carbons (Fsp3) is 0.348. The highest BCUT2D eigenvalue weighted by Crippen LogP contribution is 2.35. The zero-order valence-corrected chi connectivity index (χ0v) is 20.0. The minimum atomic E-state index is -3.61. The van der Waals surface area contributed by atoms with E-state index in [4.69, 9.17) is 5.73 Å². The highest BCUT2D eigenvalue weighted by molar-refractivity contribution is 7.91. The molecule has 1 amide bonds. The van der Waals surface area contributed by atoms with E-state index in [0.717, 1.165) is 46.6 Å². The van der Waals surface area contributed by atoms with Gasteiger partial charge in [-0.25, -0.2) is 23.1 Å². The lowest BCUT2D eigenvalue weighted by Crippen LogP contribution is -2.33. The summed E-state index contributed by atoms with van der Waals surface area (Å²) >= 11 is 1.04. The number of carbonyl (C=O) groups is 1. The van der Waals surface area contributed by atoms with Crippen LogP contribution in [0.4, 0.5) is 10.9 Å². The largest absolute Gasteiger partial charge is 0.384 e. The summed E-state index contributed by atoms with van der Waals surface area (Å²) in [6.45, 7) is 1.66. The Bertz CT molecular complexity index is 1350. The molecule has 2 aromatic heterocycles. The second-order valence-electron chi connectivity index (χ2n) is 8.70. The smallest absolute Gasteiger partial charge is 0.252 e. The van der Waals surface area contributed by atoms with Gasteiger partial charge < -0.3 is 5.73 Å². The van der Waals surface area contributed by atoms with E-state index in [0.29, 0.717) is 29.5 Å². The molecule has 1 atom stereocenters. The third-order valence-electron chi connectivity index (χ3n) is 6.06. The lowest BCUT2D eigenvalue weighted by Gasteiger charge is -2.18. The SMILES string of the molecule is Cc1nc(N(C)C(=O)C2Cc3ccc(-c4cccc(N)n4)cc3C2)sc1S(=O)(=O)NC1CC1. The summed E-state index contributed by atoms with van der Waals surface area (Å²) in [5.41, 5.74) is 10.3. The minimum Gasteiger partial charge on any atom is -0.384 e. The third-order valence-corrected chi connectivity index (χ3v) is 9.42. The number of carbonyl (C=O) groups excluding carboxylic acids is 1. The first kappa shape index (κ1) is 22.0. The Hall–Kier alpha value is -2.82. The molecule has 3 aromatic rings. The number of nitrogen functional groups attached to an aromatic ring is 1. The molecule has 10 heteroatoms. The van der Waals surface area contributed by atoms with E-state index >= 15 is 0 Å². The van der Waals surface area contributed by atoms with Gasteiger partial charge in [-0.3, -0.25) is 9.69 Å². The van der Waals surface area contributed by atoms with Crippen LogP contribution >= 0.6 is 11.3 Å². The molecule has 0 radical (unpaired) electrons. The number of nitrogens with one attached hydrogen (secondary N) is 1. The van der Waals surface area contributed by atoms with Gasteiger partial charge in [0.2, 0.25) is 5.91 Å². The fourth-order valence-electron chi connectivity index (χ4n) is 4.17. The molecule has 0 saturated heterocycles. The molecule has 1 aromatic carbocycles. The van der Waals surface area contributed by atoms with E-state index in [9.17, 15) is 13.2 Å². The van der Waals surface area contributed by atoms with Crippen molar-refractivity contribution in [1.29, 1.82) is 0 Å². The van der Waals surface area contributed by atoms with Crippen LogP contribution in [0.15, 0.2) is 40.6 Å². The van der Waals surface area contributed by atoms with Crippen LogP contribution in [0, 0.1) is 12.8 Å². The molecule has 33 heavy (non-hydrogen) atoms. The number of hydrogen-bond acceptors (Lipinski definition) is 7. The Morgan fingerprint density at radius 3 is 2.64 bits per heavy atom. The third kappa shape index (κ3) is 4.38. The standard InChI is InChI=1S/C23H25N5O3S2/c1-13-22(33(30,31)27-18-8-9-18)32-23(25-13)28(2)21(29)17-10-14-6-7-15(11-16(14)12-17)19-4-3-5-20(24)26-19/h3-7,11,17-18,27H,8-10,12H2,1-2H3,(H2,24,26). The molecule has 2 aliphatic rings. The highest BCUT2D eigenvalue weighted by atomic mass is 32.2. The van der Waals surface area contributed by atoms with Crippen LogP contribution in [0.1, 0.15) is 29.7 Å². The van der Waals surface area contributed by atoms with Gasteiger partial charge in [-0.2, -0.15) is 0 Å². The summed E-state index contributed by atoms with van der Waals surface area (Å²) in [6.07, 6.45) is 2.98. The first-order chi connectivity index (χ1) is 15.7. The lowest BCUT2D eigenvalue weighted by molar-refractivity contribution is -0.121. The molecule has 8 nitrogen and oxygen atoms in total. The maximum atomic E-state index is 13.3. The number of nitrogens with zero attached hydrogens (tertiary/aromatic N) is 3. The van der Waals surface area contributed by atoms with Crippen LogP contribution in [0.3, 0.4) is 0 Å². The number of anilines is 2. The van der Waals surface area contributed by atoms with Crippen molar-refractivity contribution in [2.24, 2.45) is 5.92 Å².